The molecule has 0 saturated carbocycles. The summed E-state index contributed by atoms with van der Waals surface area (Å²) in [5.74, 6) is -1.36. The van der Waals surface area contributed by atoms with Crippen molar-refractivity contribution in [1.82, 2.24) is 5.32 Å². The zero-order chi connectivity index (χ0) is 26.6. The average molecular weight is 509 g/mol. The topological polar surface area (TPSA) is 145 Å². The Kier molecular flexibility index (Phi) is 8.01. The van der Waals surface area contributed by atoms with Crippen LogP contribution in [0.1, 0.15) is 37.3 Å². The highest BCUT2D eigenvalue weighted by Gasteiger charge is 2.53. The standard InChI is InChI=1S/C27H32N4O6/c1-18(5-2-3-14-32)27(35)23-15-22(31(36)37)11-12-24(23)30(26(27)34)17-19-7-9-21(10-8-19)29-25(33)20-6-4-13-28-16-20/h2,5,7-12,15,18,20,28,32,35H,3-4,6,13-14,16-17H2,1H3,(H,29,33)/b5-2+/t18-,20?,27+/m1/s1. The fourth-order valence-electron chi connectivity index (χ4n) is 4.92. The number of amides is 2. The number of fused-ring (bicyclic) bond motifs is 1. The second-order valence-corrected chi connectivity index (χ2v) is 9.57. The maximum Gasteiger partial charge on any atom is 0.269 e. The van der Waals surface area contributed by atoms with Crippen molar-refractivity contribution in [3.05, 3.63) is 75.9 Å². The van der Waals surface area contributed by atoms with Gasteiger partial charge in [-0.1, -0.05) is 31.2 Å². The fraction of sp³-hybridized carbons (Fsp3) is 0.407. The largest absolute Gasteiger partial charge is 0.396 e. The monoisotopic (exact) mass is 508 g/mol. The number of anilines is 2. The molecule has 3 atom stereocenters. The number of aliphatic hydroxyl groups is 2. The van der Waals surface area contributed by atoms with Crippen LogP contribution in [-0.4, -0.2) is 46.6 Å². The van der Waals surface area contributed by atoms with Crippen molar-refractivity contribution in [2.24, 2.45) is 11.8 Å². The molecule has 0 bridgehead atoms. The van der Waals surface area contributed by atoms with E-state index >= 15 is 0 Å². The van der Waals surface area contributed by atoms with Crippen molar-refractivity contribution >= 4 is 28.9 Å². The molecule has 2 aliphatic heterocycles. The van der Waals surface area contributed by atoms with Gasteiger partial charge in [-0.15, -0.1) is 0 Å². The van der Waals surface area contributed by atoms with Gasteiger partial charge in [-0.05, 0) is 49.6 Å². The molecule has 0 radical (unpaired) electrons. The van der Waals surface area contributed by atoms with Crippen molar-refractivity contribution in [2.45, 2.75) is 38.3 Å². The molecule has 1 unspecified atom stereocenters. The van der Waals surface area contributed by atoms with E-state index in [0.29, 0.717) is 24.3 Å². The number of nitro benzene ring substituents is 1. The third-order valence-corrected chi connectivity index (χ3v) is 7.07. The highest BCUT2D eigenvalue weighted by Crippen LogP contribution is 2.47. The van der Waals surface area contributed by atoms with Gasteiger partial charge in [-0.3, -0.25) is 19.7 Å². The van der Waals surface area contributed by atoms with E-state index in [1.165, 1.54) is 23.1 Å². The van der Waals surface area contributed by atoms with Crippen LogP contribution in [0.15, 0.2) is 54.6 Å². The molecule has 1 saturated heterocycles. The van der Waals surface area contributed by atoms with Gasteiger partial charge in [0, 0.05) is 42.5 Å². The summed E-state index contributed by atoms with van der Waals surface area (Å²) in [6.45, 7) is 3.32. The van der Waals surface area contributed by atoms with Crippen molar-refractivity contribution < 1.29 is 24.7 Å². The molecule has 2 aliphatic rings. The molecule has 1 fully saturated rings. The molecule has 37 heavy (non-hydrogen) atoms. The van der Waals surface area contributed by atoms with Crippen LogP contribution in [0.3, 0.4) is 0 Å². The Morgan fingerprint density at radius 2 is 2.08 bits per heavy atom. The molecule has 2 aromatic carbocycles. The minimum atomic E-state index is -1.99. The maximum absolute atomic E-state index is 13.6. The summed E-state index contributed by atoms with van der Waals surface area (Å²) >= 11 is 0. The number of nitrogens with one attached hydrogen (secondary N) is 2. The van der Waals surface area contributed by atoms with E-state index in [1.807, 2.05) is 0 Å². The van der Waals surface area contributed by atoms with Crippen molar-refractivity contribution in [3.8, 4) is 0 Å². The van der Waals surface area contributed by atoms with Gasteiger partial charge in [-0.2, -0.15) is 0 Å². The molecule has 2 amide bonds. The van der Waals surface area contributed by atoms with Crippen molar-refractivity contribution in [3.63, 3.8) is 0 Å². The summed E-state index contributed by atoms with van der Waals surface area (Å²) in [4.78, 5) is 38.4. The lowest BCUT2D eigenvalue weighted by molar-refractivity contribution is -0.385. The first-order chi connectivity index (χ1) is 17.8. The number of aliphatic hydroxyl groups excluding tert-OH is 1. The first-order valence-electron chi connectivity index (χ1n) is 12.5. The van der Waals surface area contributed by atoms with Crippen LogP contribution in [0.4, 0.5) is 17.1 Å². The van der Waals surface area contributed by atoms with Gasteiger partial charge in [0.2, 0.25) is 5.91 Å². The van der Waals surface area contributed by atoms with E-state index in [9.17, 15) is 24.8 Å². The first-order valence-corrected chi connectivity index (χ1v) is 12.5. The smallest absolute Gasteiger partial charge is 0.269 e. The minimum absolute atomic E-state index is 0.0292. The molecule has 4 rings (SSSR count). The Morgan fingerprint density at radius 1 is 1.32 bits per heavy atom. The highest BCUT2D eigenvalue weighted by molar-refractivity contribution is 6.07. The van der Waals surface area contributed by atoms with E-state index in [4.69, 9.17) is 5.11 Å². The predicted octanol–water partition coefficient (Wildman–Crippen LogP) is 2.84. The lowest BCUT2D eigenvalue weighted by atomic mass is 9.82. The Bertz CT molecular complexity index is 1190. The molecular weight excluding hydrogens is 476 g/mol. The lowest BCUT2D eigenvalue weighted by Crippen LogP contribution is -2.44. The summed E-state index contributed by atoms with van der Waals surface area (Å²) in [6.07, 6.45) is 5.49. The van der Waals surface area contributed by atoms with Crippen LogP contribution in [0.2, 0.25) is 0 Å². The number of piperidine rings is 1. The molecule has 10 nitrogen and oxygen atoms in total. The number of rotatable bonds is 9. The number of nitro groups is 1. The molecule has 0 aromatic heterocycles. The number of benzene rings is 2. The third kappa shape index (κ3) is 5.41. The molecule has 10 heteroatoms. The van der Waals surface area contributed by atoms with Crippen LogP contribution in [0.5, 0.6) is 0 Å². The normalized spacial score (nSPS) is 22.2. The van der Waals surface area contributed by atoms with Crippen molar-refractivity contribution in [1.29, 1.82) is 0 Å². The summed E-state index contributed by atoms with van der Waals surface area (Å²) in [7, 11) is 0. The van der Waals surface area contributed by atoms with Gasteiger partial charge < -0.3 is 25.7 Å². The molecule has 2 heterocycles. The van der Waals surface area contributed by atoms with Crippen LogP contribution < -0.4 is 15.5 Å². The van der Waals surface area contributed by atoms with Crippen LogP contribution in [0.25, 0.3) is 0 Å². The maximum atomic E-state index is 13.6. The Morgan fingerprint density at radius 3 is 2.73 bits per heavy atom. The highest BCUT2D eigenvalue weighted by atomic mass is 16.6. The van der Waals surface area contributed by atoms with Crippen LogP contribution >= 0.6 is 0 Å². The number of carbonyl (C=O) groups is 2. The fourth-order valence-corrected chi connectivity index (χ4v) is 4.92. The van der Waals surface area contributed by atoms with Gasteiger partial charge in [0.25, 0.3) is 11.6 Å². The van der Waals surface area contributed by atoms with Gasteiger partial charge >= 0.3 is 0 Å². The van der Waals surface area contributed by atoms with E-state index in [-0.39, 0.29) is 36.2 Å². The number of hydrogen-bond acceptors (Lipinski definition) is 7. The zero-order valence-electron chi connectivity index (χ0n) is 20.7. The molecule has 196 valence electrons. The second-order valence-electron chi connectivity index (χ2n) is 9.57. The van der Waals surface area contributed by atoms with Crippen molar-refractivity contribution in [2.75, 3.05) is 29.9 Å². The quantitative estimate of drug-likeness (QED) is 0.232. The van der Waals surface area contributed by atoms with E-state index in [2.05, 4.69) is 10.6 Å². The average Bonchev–Trinajstić information content (AvgIpc) is 3.12. The third-order valence-electron chi connectivity index (χ3n) is 7.07. The SMILES string of the molecule is C[C@H](/C=C/CCO)[C@@]1(O)C(=O)N(Cc2ccc(NC(=O)C3CCCNC3)cc2)c2ccc([N+](=O)[O-])cc21. The summed E-state index contributed by atoms with van der Waals surface area (Å²) < 4.78 is 0. The summed E-state index contributed by atoms with van der Waals surface area (Å²) in [6, 6.07) is 11.2. The molecule has 4 N–H and O–H groups in total. The molecule has 0 spiro atoms. The van der Waals surface area contributed by atoms with E-state index < -0.39 is 22.3 Å². The molecule has 2 aromatic rings. The van der Waals surface area contributed by atoms with E-state index in [0.717, 1.165) is 24.9 Å². The second kappa shape index (κ2) is 11.2. The van der Waals surface area contributed by atoms with Crippen LogP contribution in [0, 0.1) is 22.0 Å². The summed E-state index contributed by atoms with van der Waals surface area (Å²) in [5, 5.41) is 38.3. The van der Waals surface area contributed by atoms with Gasteiger partial charge in [0.05, 0.1) is 23.1 Å². The lowest BCUT2D eigenvalue weighted by Gasteiger charge is -2.27. The number of non-ortho nitro benzene ring substituents is 1. The first kappa shape index (κ1) is 26.5. The molecular formula is C27H32N4O6. The van der Waals surface area contributed by atoms with Gasteiger partial charge in [0.15, 0.2) is 5.60 Å². The van der Waals surface area contributed by atoms with Crippen LogP contribution in [-0.2, 0) is 21.7 Å². The predicted molar refractivity (Wildman–Crippen MR) is 139 cm³/mol. The zero-order valence-corrected chi connectivity index (χ0v) is 20.7. The van der Waals surface area contributed by atoms with Gasteiger partial charge in [-0.25, -0.2) is 0 Å². The Hall–Kier alpha value is -3.60. The minimum Gasteiger partial charge on any atom is -0.396 e. The summed E-state index contributed by atoms with van der Waals surface area (Å²) in [5.41, 5.74) is -0.202. The van der Waals surface area contributed by atoms with E-state index in [1.54, 1.807) is 43.3 Å². The Balaban J connectivity index is 1.56. The number of hydrogen-bond donors (Lipinski definition) is 4. The Labute approximate surface area is 215 Å². The number of nitrogens with zero attached hydrogens (tertiary/aromatic N) is 2. The van der Waals surface area contributed by atoms with Gasteiger partial charge in [0.1, 0.15) is 0 Å². The molecule has 0 aliphatic carbocycles. The number of carbonyl (C=O) groups excluding carboxylic acids is 2.